The summed E-state index contributed by atoms with van der Waals surface area (Å²) in [5, 5.41) is 14.0. The predicted octanol–water partition coefficient (Wildman–Crippen LogP) is 3.10. The van der Waals surface area contributed by atoms with Gasteiger partial charge in [0.05, 0.1) is 12.8 Å². The van der Waals surface area contributed by atoms with E-state index in [0.29, 0.717) is 34.7 Å². The van der Waals surface area contributed by atoms with E-state index in [1.807, 2.05) is 25.9 Å². The highest BCUT2D eigenvalue weighted by atomic mass is 16.5. The van der Waals surface area contributed by atoms with Crippen LogP contribution in [0.2, 0.25) is 0 Å². The minimum Gasteiger partial charge on any atom is -0.497 e. The number of Topliss-reactive ketones (excluding diaryl/α,β-unsaturated/α-hetero) is 1. The van der Waals surface area contributed by atoms with Gasteiger partial charge in [-0.25, -0.2) is 9.48 Å². The largest absolute Gasteiger partial charge is 0.497 e. The maximum absolute atomic E-state index is 13.2. The Kier molecular flexibility index (Phi) is 5.03. The molecule has 7 heteroatoms. The average molecular weight is 369 g/mol. The van der Waals surface area contributed by atoms with Gasteiger partial charge in [-0.3, -0.25) is 4.79 Å². The van der Waals surface area contributed by atoms with Crippen LogP contribution in [0.3, 0.4) is 0 Å². The fourth-order valence-corrected chi connectivity index (χ4v) is 3.49. The number of allylic oxidation sites excluding steroid dienone is 1. The van der Waals surface area contributed by atoms with Crippen molar-refractivity contribution in [1.82, 2.24) is 14.7 Å². The first-order valence-electron chi connectivity index (χ1n) is 8.79. The molecular weight excluding hydrogens is 346 g/mol. The number of ether oxygens (including phenoxy) is 1. The van der Waals surface area contributed by atoms with Crippen molar-refractivity contribution in [1.29, 1.82) is 0 Å². The van der Waals surface area contributed by atoms with Crippen molar-refractivity contribution in [2.45, 2.75) is 25.7 Å². The molecule has 0 bridgehead atoms. The van der Waals surface area contributed by atoms with Crippen molar-refractivity contribution in [3.63, 3.8) is 0 Å². The van der Waals surface area contributed by atoms with Gasteiger partial charge in [-0.05, 0) is 43.0 Å². The van der Waals surface area contributed by atoms with Crippen LogP contribution < -0.4 is 4.74 Å². The molecule has 2 aromatic rings. The second-order valence-corrected chi connectivity index (χ2v) is 6.78. The first-order valence-corrected chi connectivity index (χ1v) is 8.79. The Bertz CT molecular complexity index is 910. The van der Waals surface area contributed by atoms with E-state index in [1.54, 1.807) is 37.6 Å². The smallest absolute Gasteiger partial charge is 0.356 e. The Morgan fingerprint density at radius 2 is 2.04 bits per heavy atom. The van der Waals surface area contributed by atoms with Gasteiger partial charge in [0.1, 0.15) is 11.4 Å². The Balaban J connectivity index is 2.25. The zero-order valence-electron chi connectivity index (χ0n) is 15.9. The van der Waals surface area contributed by atoms with Crippen molar-refractivity contribution in [2.24, 2.45) is 0 Å². The van der Waals surface area contributed by atoms with Crippen molar-refractivity contribution in [2.75, 3.05) is 21.2 Å². The number of nitrogens with zero attached hydrogens (tertiary/aromatic N) is 3. The van der Waals surface area contributed by atoms with E-state index in [1.165, 1.54) is 4.68 Å². The van der Waals surface area contributed by atoms with Crippen molar-refractivity contribution in [3.05, 3.63) is 53.0 Å². The lowest BCUT2D eigenvalue weighted by molar-refractivity contribution is 0.0688. The number of hydrogen-bond acceptors (Lipinski definition) is 5. The minimum absolute atomic E-state index is 0.0510. The van der Waals surface area contributed by atoms with Crippen LogP contribution in [0.15, 0.2) is 36.0 Å². The maximum atomic E-state index is 13.2. The van der Waals surface area contributed by atoms with E-state index < -0.39 is 5.97 Å². The normalized spacial score (nSPS) is 17.7. The molecule has 1 N–H and O–H groups in total. The summed E-state index contributed by atoms with van der Waals surface area (Å²) in [5.74, 6) is -0.699. The summed E-state index contributed by atoms with van der Waals surface area (Å²) < 4.78 is 6.62. The highest BCUT2D eigenvalue weighted by molar-refractivity contribution is 6.11. The van der Waals surface area contributed by atoms with Gasteiger partial charge in [-0.2, -0.15) is 5.10 Å². The quantitative estimate of drug-likeness (QED) is 0.815. The van der Waals surface area contributed by atoms with Gasteiger partial charge in [0.25, 0.3) is 0 Å². The number of carboxylic acid groups (broad SMARTS) is 1. The van der Waals surface area contributed by atoms with E-state index in [4.69, 9.17) is 4.74 Å². The van der Waals surface area contributed by atoms with E-state index >= 15 is 0 Å². The maximum Gasteiger partial charge on any atom is 0.356 e. The Labute approximate surface area is 157 Å². The van der Waals surface area contributed by atoms with E-state index in [-0.39, 0.29) is 17.4 Å². The highest BCUT2D eigenvalue weighted by Crippen LogP contribution is 2.39. The third-order valence-corrected chi connectivity index (χ3v) is 4.73. The van der Waals surface area contributed by atoms with E-state index in [2.05, 4.69) is 5.10 Å². The summed E-state index contributed by atoms with van der Waals surface area (Å²) in [6, 6.07) is 7.03. The molecular formula is C20H23N3O4. The number of methoxy groups -OCH3 is 1. The third kappa shape index (κ3) is 3.32. The standard InChI is InChI=1S/C20H23N3O4/c1-5-12-10-13(11-22(2)3)19(24)18-16(12)17(20(25)26)21-23(18)14-6-8-15(27-4)9-7-14/h6-9,11-12H,5,10H2,1-4H3,(H,25,26). The van der Waals surface area contributed by atoms with Crippen LogP contribution in [0.25, 0.3) is 5.69 Å². The van der Waals surface area contributed by atoms with Gasteiger partial charge >= 0.3 is 5.97 Å². The number of rotatable bonds is 5. The number of aromatic nitrogens is 2. The van der Waals surface area contributed by atoms with Crippen molar-refractivity contribution < 1.29 is 19.4 Å². The Morgan fingerprint density at radius 3 is 2.56 bits per heavy atom. The second kappa shape index (κ2) is 7.26. The van der Waals surface area contributed by atoms with Crippen LogP contribution in [0.5, 0.6) is 5.75 Å². The molecule has 1 aliphatic rings. The first-order chi connectivity index (χ1) is 12.9. The molecule has 1 atom stereocenters. The van der Waals surface area contributed by atoms with Crippen molar-refractivity contribution in [3.8, 4) is 11.4 Å². The monoisotopic (exact) mass is 369 g/mol. The summed E-state index contributed by atoms with van der Waals surface area (Å²) in [7, 11) is 5.29. The highest BCUT2D eigenvalue weighted by Gasteiger charge is 2.38. The van der Waals surface area contributed by atoms with Crippen LogP contribution in [0.1, 0.15) is 52.2 Å². The molecule has 0 spiro atoms. The Hall–Kier alpha value is -3.09. The summed E-state index contributed by atoms with van der Waals surface area (Å²) in [6.07, 6.45) is 3.04. The molecule has 27 heavy (non-hydrogen) atoms. The molecule has 0 saturated heterocycles. The van der Waals surface area contributed by atoms with E-state index in [0.717, 1.165) is 6.42 Å². The van der Waals surface area contributed by atoms with Gasteiger partial charge in [0, 0.05) is 31.4 Å². The summed E-state index contributed by atoms with van der Waals surface area (Å²) >= 11 is 0. The zero-order valence-corrected chi connectivity index (χ0v) is 15.9. The number of fused-ring (bicyclic) bond motifs is 1. The zero-order chi connectivity index (χ0) is 19.7. The molecule has 0 amide bonds. The molecule has 1 aromatic carbocycles. The predicted molar refractivity (Wildman–Crippen MR) is 101 cm³/mol. The molecule has 0 radical (unpaired) electrons. The number of carbonyl (C=O) groups excluding carboxylic acids is 1. The molecule has 142 valence electrons. The molecule has 1 unspecified atom stereocenters. The lowest BCUT2D eigenvalue weighted by Gasteiger charge is -2.25. The summed E-state index contributed by atoms with van der Waals surface area (Å²) in [6.45, 7) is 1.99. The molecule has 3 rings (SSSR count). The molecule has 1 aliphatic carbocycles. The molecule has 7 nitrogen and oxygen atoms in total. The minimum atomic E-state index is -1.12. The van der Waals surface area contributed by atoms with Gasteiger partial charge in [0.2, 0.25) is 5.78 Å². The number of hydrogen-bond donors (Lipinski definition) is 1. The molecule has 0 fully saturated rings. The molecule has 1 aromatic heterocycles. The van der Waals surface area contributed by atoms with Gasteiger partial charge in [0.15, 0.2) is 5.69 Å². The van der Waals surface area contributed by atoms with Gasteiger partial charge in [-0.15, -0.1) is 0 Å². The average Bonchev–Trinajstić information content (AvgIpc) is 3.05. The lowest BCUT2D eigenvalue weighted by Crippen LogP contribution is -2.23. The van der Waals surface area contributed by atoms with Crippen LogP contribution in [-0.4, -0.2) is 52.7 Å². The van der Waals surface area contributed by atoms with Crippen LogP contribution in [-0.2, 0) is 0 Å². The van der Waals surface area contributed by atoms with Gasteiger partial charge < -0.3 is 14.7 Å². The van der Waals surface area contributed by atoms with Crippen LogP contribution >= 0.6 is 0 Å². The number of aromatic carboxylic acids is 1. The van der Waals surface area contributed by atoms with Crippen LogP contribution in [0, 0.1) is 0 Å². The molecule has 0 saturated carbocycles. The van der Waals surface area contributed by atoms with Gasteiger partial charge in [-0.1, -0.05) is 6.92 Å². The summed E-state index contributed by atoms with van der Waals surface area (Å²) in [5.41, 5.74) is 2.09. The number of benzene rings is 1. The second-order valence-electron chi connectivity index (χ2n) is 6.78. The SMILES string of the molecule is CCC1CC(=CN(C)C)C(=O)c2c1c(C(=O)O)nn2-c1ccc(OC)cc1. The topological polar surface area (TPSA) is 84.7 Å². The number of carbonyl (C=O) groups is 2. The number of carboxylic acids is 1. The summed E-state index contributed by atoms with van der Waals surface area (Å²) in [4.78, 5) is 26.8. The van der Waals surface area contributed by atoms with Crippen molar-refractivity contribution >= 4 is 11.8 Å². The molecule has 1 heterocycles. The fourth-order valence-electron chi connectivity index (χ4n) is 3.49. The van der Waals surface area contributed by atoms with E-state index in [9.17, 15) is 14.7 Å². The first kappa shape index (κ1) is 18.7. The fraction of sp³-hybridized carbons (Fsp3) is 0.350. The lowest BCUT2D eigenvalue weighted by atomic mass is 9.80. The Morgan fingerprint density at radius 1 is 1.37 bits per heavy atom. The number of ketones is 1. The third-order valence-electron chi connectivity index (χ3n) is 4.73. The van der Waals surface area contributed by atoms with Crippen LogP contribution in [0.4, 0.5) is 0 Å². The molecule has 0 aliphatic heterocycles.